The molecule has 2 aliphatic rings. The van der Waals surface area contributed by atoms with Crippen molar-refractivity contribution in [2.24, 2.45) is 11.7 Å². The maximum Gasteiger partial charge on any atom is 0.386 e. The Hall–Kier alpha value is -3.11. The van der Waals surface area contributed by atoms with E-state index in [-0.39, 0.29) is 30.4 Å². The van der Waals surface area contributed by atoms with Gasteiger partial charge in [0.25, 0.3) is 0 Å². The zero-order chi connectivity index (χ0) is 25.6. The standard InChI is InChI=1S/C26H33N3O6S/c27-24(30)26(13-15-29(16-14-26)19-20-7-8-20)36(31,32)23-11-9-21(10-12-23)33-17-4-18-34-25(28)35-22-5-2-1-3-6-22/h1-3,5-6,9-12,20,28H,4,7-8,13-19H2,(H2,27,30). The number of sulfone groups is 1. The van der Waals surface area contributed by atoms with E-state index in [1.165, 1.54) is 25.0 Å². The number of para-hydroxylation sites is 1. The van der Waals surface area contributed by atoms with Crippen molar-refractivity contribution in [3.8, 4) is 11.5 Å². The molecule has 1 saturated heterocycles. The summed E-state index contributed by atoms with van der Waals surface area (Å²) in [4.78, 5) is 14.7. The molecule has 9 nitrogen and oxygen atoms in total. The number of carbonyl (C=O) groups excluding carboxylic acids is 1. The number of amides is 1. The third-order valence-electron chi connectivity index (χ3n) is 6.72. The van der Waals surface area contributed by atoms with E-state index in [1.807, 2.05) is 6.07 Å². The number of primary amides is 1. The highest BCUT2D eigenvalue weighted by Crippen LogP contribution is 2.38. The SMILES string of the molecule is N=C(OCCCOc1ccc(S(=O)(=O)C2(C(N)=O)CCN(CC3CC3)CC2)cc1)Oc1ccccc1. The normalized spacial score (nSPS) is 17.8. The lowest BCUT2D eigenvalue weighted by Gasteiger charge is -2.39. The molecule has 2 aromatic rings. The molecule has 0 bridgehead atoms. The Bertz CT molecular complexity index is 1140. The molecule has 1 aliphatic heterocycles. The van der Waals surface area contributed by atoms with Crippen molar-refractivity contribution < 1.29 is 27.4 Å². The number of hydrogen-bond acceptors (Lipinski definition) is 8. The molecule has 0 radical (unpaired) electrons. The molecule has 194 valence electrons. The van der Waals surface area contributed by atoms with Gasteiger partial charge in [-0.2, -0.15) is 0 Å². The molecule has 4 rings (SSSR count). The molecule has 2 fully saturated rings. The molecular weight excluding hydrogens is 482 g/mol. The number of ether oxygens (including phenoxy) is 3. The Morgan fingerprint density at radius 1 is 1.00 bits per heavy atom. The van der Waals surface area contributed by atoms with Crippen molar-refractivity contribution in [2.75, 3.05) is 32.8 Å². The van der Waals surface area contributed by atoms with Crippen LogP contribution in [-0.2, 0) is 19.4 Å². The van der Waals surface area contributed by atoms with Crippen LogP contribution in [0.3, 0.4) is 0 Å². The minimum Gasteiger partial charge on any atom is -0.493 e. The van der Waals surface area contributed by atoms with Gasteiger partial charge in [0, 0.05) is 26.1 Å². The van der Waals surface area contributed by atoms with Gasteiger partial charge in [-0.05, 0) is 68.0 Å². The number of likely N-dealkylation sites (tertiary alicyclic amines) is 1. The van der Waals surface area contributed by atoms with Crippen LogP contribution in [0.2, 0.25) is 0 Å². The molecule has 0 aromatic heterocycles. The zero-order valence-electron chi connectivity index (χ0n) is 20.2. The molecule has 36 heavy (non-hydrogen) atoms. The van der Waals surface area contributed by atoms with Gasteiger partial charge in [0.05, 0.1) is 18.1 Å². The molecule has 1 heterocycles. The first kappa shape index (κ1) is 26.0. The smallest absolute Gasteiger partial charge is 0.386 e. The molecule has 1 amide bonds. The first-order chi connectivity index (χ1) is 17.3. The molecule has 10 heteroatoms. The van der Waals surface area contributed by atoms with Crippen LogP contribution < -0.4 is 15.2 Å². The quantitative estimate of drug-likeness (QED) is 0.267. The average Bonchev–Trinajstić information content (AvgIpc) is 3.69. The minimum absolute atomic E-state index is 0.0686. The fourth-order valence-corrected chi connectivity index (χ4v) is 6.32. The van der Waals surface area contributed by atoms with Crippen LogP contribution in [0.15, 0.2) is 59.5 Å². The van der Waals surface area contributed by atoms with E-state index in [0.717, 1.165) is 6.54 Å². The number of benzene rings is 2. The third kappa shape index (κ3) is 6.17. The van der Waals surface area contributed by atoms with Crippen molar-refractivity contribution in [1.29, 1.82) is 5.41 Å². The van der Waals surface area contributed by atoms with Crippen LogP contribution >= 0.6 is 0 Å². The maximum atomic E-state index is 13.5. The largest absolute Gasteiger partial charge is 0.493 e. The topological polar surface area (TPSA) is 132 Å². The summed E-state index contributed by atoms with van der Waals surface area (Å²) in [6.45, 7) is 2.61. The Labute approximate surface area is 211 Å². The molecule has 3 N–H and O–H groups in total. The van der Waals surface area contributed by atoms with Crippen molar-refractivity contribution in [3.05, 3.63) is 54.6 Å². The number of nitrogens with two attached hydrogens (primary N) is 1. The highest BCUT2D eigenvalue weighted by atomic mass is 32.2. The van der Waals surface area contributed by atoms with Crippen molar-refractivity contribution in [2.45, 2.75) is 41.7 Å². The molecule has 0 atom stereocenters. The van der Waals surface area contributed by atoms with Crippen molar-refractivity contribution in [3.63, 3.8) is 0 Å². The van der Waals surface area contributed by atoms with Crippen LogP contribution in [0.4, 0.5) is 0 Å². The molecule has 1 saturated carbocycles. The summed E-state index contributed by atoms with van der Waals surface area (Å²) in [6, 6.07) is 15.0. The highest BCUT2D eigenvalue weighted by molar-refractivity contribution is 7.93. The van der Waals surface area contributed by atoms with Crippen LogP contribution in [0.1, 0.15) is 32.1 Å². The summed E-state index contributed by atoms with van der Waals surface area (Å²) < 4.78 is 41.5. The second kappa shape index (κ2) is 11.3. The lowest BCUT2D eigenvalue weighted by Crippen LogP contribution is -2.57. The van der Waals surface area contributed by atoms with Crippen molar-refractivity contribution in [1.82, 2.24) is 4.90 Å². The summed E-state index contributed by atoms with van der Waals surface area (Å²) in [5, 5.41) is 7.70. The fourth-order valence-electron chi connectivity index (χ4n) is 4.39. The molecular formula is C26H33N3O6S. The van der Waals surface area contributed by atoms with E-state index < -0.39 is 20.5 Å². The number of rotatable bonds is 11. The van der Waals surface area contributed by atoms with Crippen molar-refractivity contribution >= 4 is 21.8 Å². The molecule has 0 unspecified atom stereocenters. The van der Waals surface area contributed by atoms with Gasteiger partial charge in [-0.25, -0.2) is 13.8 Å². The summed E-state index contributed by atoms with van der Waals surface area (Å²) in [6.07, 6.45) is 3.07. The fraction of sp³-hybridized carbons (Fsp3) is 0.462. The average molecular weight is 516 g/mol. The first-order valence-corrected chi connectivity index (χ1v) is 13.7. The number of carbonyl (C=O) groups is 1. The number of nitrogens with zero attached hydrogens (tertiary/aromatic N) is 1. The second-order valence-corrected chi connectivity index (χ2v) is 11.6. The summed E-state index contributed by atoms with van der Waals surface area (Å²) >= 11 is 0. The van der Waals surface area contributed by atoms with E-state index in [0.29, 0.717) is 43.5 Å². The van der Waals surface area contributed by atoms with Gasteiger partial charge < -0.3 is 24.8 Å². The van der Waals surface area contributed by atoms with Gasteiger partial charge in [-0.15, -0.1) is 0 Å². The van der Waals surface area contributed by atoms with E-state index in [2.05, 4.69) is 4.90 Å². The molecule has 2 aromatic carbocycles. The molecule has 0 spiro atoms. The van der Waals surface area contributed by atoms with Crippen LogP contribution in [-0.4, -0.2) is 62.9 Å². The summed E-state index contributed by atoms with van der Waals surface area (Å²) in [5.74, 6) is 0.944. The van der Waals surface area contributed by atoms with Gasteiger partial charge in [0.15, 0.2) is 14.6 Å². The Morgan fingerprint density at radius 3 is 2.28 bits per heavy atom. The minimum atomic E-state index is -3.95. The van der Waals surface area contributed by atoms with E-state index in [1.54, 1.807) is 36.4 Å². The Kier molecular flexibility index (Phi) is 8.15. The molecule has 1 aliphatic carbocycles. The Balaban J connectivity index is 1.26. The van der Waals surface area contributed by atoms with Gasteiger partial charge in [-0.1, -0.05) is 18.2 Å². The monoisotopic (exact) mass is 515 g/mol. The van der Waals surface area contributed by atoms with E-state index >= 15 is 0 Å². The second-order valence-electron chi connectivity index (χ2n) is 9.33. The summed E-state index contributed by atoms with van der Waals surface area (Å²) in [7, 11) is -3.95. The lowest BCUT2D eigenvalue weighted by molar-refractivity contribution is -0.121. The Morgan fingerprint density at radius 2 is 1.67 bits per heavy atom. The highest BCUT2D eigenvalue weighted by Gasteiger charge is 2.52. The zero-order valence-corrected chi connectivity index (χ0v) is 21.0. The van der Waals surface area contributed by atoms with Gasteiger partial charge >= 0.3 is 6.08 Å². The predicted octanol–water partition coefficient (Wildman–Crippen LogP) is 2.99. The lowest BCUT2D eigenvalue weighted by atomic mass is 9.95. The summed E-state index contributed by atoms with van der Waals surface area (Å²) in [5.41, 5.74) is 5.68. The van der Waals surface area contributed by atoms with E-state index in [9.17, 15) is 13.2 Å². The number of nitrogens with one attached hydrogen (secondary N) is 1. The number of piperidine rings is 1. The van der Waals surface area contributed by atoms with Gasteiger partial charge in [0.2, 0.25) is 5.91 Å². The van der Waals surface area contributed by atoms with Gasteiger partial charge in [0.1, 0.15) is 11.5 Å². The van der Waals surface area contributed by atoms with Crippen LogP contribution in [0.25, 0.3) is 0 Å². The van der Waals surface area contributed by atoms with Crippen LogP contribution in [0, 0.1) is 11.3 Å². The maximum absolute atomic E-state index is 13.5. The van der Waals surface area contributed by atoms with Gasteiger partial charge in [-0.3, -0.25) is 4.79 Å². The predicted molar refractivity (Wildman–Crippen MR) is 135 cm³/mol. The van der Waals surface area contributed by atoms with Crippen LogP contribution in [0.5, 0.6) is 11.5 Å². The third-order valence-corrected chi connectivity index (χ3v) is 9.25. The first-order valence-electron chi connectivity index (χ1n) is 12.2. The number of hydrogen-bond donors (Lipinski definition) is 2. The van der Waals surface area contributed by atoms with E-state index in [4.69, 9.17) is 25.4 Å².